The Kier molecular flexibility index (Phi) is 5.07. The van der Waals surface area contributed by atoms with Gasteiger partial charge in [-0.2, -0.15) is 13.2 Å². The minimum Gasteiger partial charge on any atom is -0.388 e. The van der Waals surface area contributed by atoms with Crippen molar-refractivity contribution in [1.82, 2.24) is 5.32 Å². The summed E-state index contributed by atoms with van der Waals surface area (Å²) < 4.78 is 35.2. The van der Waals surface area contributed by atoms with Gasteiger partial charge in [-0.3, -0.25) is 4.79 Å². The number of carbonyl (C=O) groups excluding carboxylic acids is 1. The minimum atomic E-state index is -4.31. The van der Waals surface area contributed by atoms with Gasteiger partial charge >= 0.3 is 6.18 Å². The molecule has 0 radical (unpaired) electrons. The number of hydrogen-bond donors (Lipinski definition) is 2. The van der Waals surface area contributed by atoms with E-state index in [1.807, 2.05) is 0 Å². The number of hydrogen-bond acceptors (Lipinski definition) is 2. The third-order valence-corrected chi connectivity index (χ3v) is 2.06. The molecule has 15 heavy (non-hydrogen) atoms. The lowest BCUT2D eigenvalue weighted by Crippen LogP contribution is -2.40. The fourth-order valence-electron chi connectivity index (χ4n) is 0.758. The maximum Gasteiger partial charge on any atom is 0.389 e. The first-order valence-electron chi connectivity index (χ1n) is 4.72. The van der Waals surface area contributed by atoms with Gasteiger partial charge in [-0.15, -0.1) is 0 Å². The number of halogens is 3. The van der Waals surface area contributed by atoms with Gasteiger partial charge in [-0.25, -0.2) is 0 Å². The quantitative estimate of drug-likeness (QED) is 0.749. The number of aliphatic hydroxyl groups is 1. The first-order chi connectivity index (χ1) is 6.66. The van der Waals surface area contributed by atoms with Gasteiger partial charge in [0.25, 0.3) is 0 Å². The van der Waals surface area contributed by atoms with Crippen LogP contribution in [0.3, 0.4) is 0 Å². The zero-order valence-electron chi connectivity index (χ0n) is 8.82. The summed E-state index contributed by atoms with van der Waals surface area (Å²) in [5, 5.41) is 11.7. The van der Waals surface area contributed by atoms with E-state index in [9.17, 15) is 23.1 Å². The Morgan fingerprint density at radius 3 is 2.33 bits per heavy atom. The molecule has 2 N–H and O–H groups in total. The van der Waals surface area contributed by atoms with Gasteiger partial charge in [0.15, 0.2) is 0 Å². The first kappa shape index (κ1) is 14.2. The molecule has 0 saturated heterocycles. The van der Waals surface area contributed by atoms with Crippen molar-refractivity contribution in [1.29, 1.82) is 0 Å². The highest BCUT2D eigenvalue weighted by Crippen LogP contribution is 2.21. The van der Waals surface area contributed by atoms with Crippen molar-refractivity contribution in [3.63, 3.8) is 0 Å². The fraction of sp³-hybridized carbons (Fsp3) is 0.889. The second-order valence-electron chi connectivity index (χ2n) is 3.74. The molecule has 0 fully saturated rings. The van der Waals surface area contributed by atoms with E-state index in [1.54, 1.807) is 6.92 Å². The van der Waals surface area contributed by atoms with Crippen LogP contribution < -0.4 is 5.32 Å². The van der Waals surface area contributed by atoms with E-state index in [1.165, 1.54) is 6.92 Å². The molecule has 1 atom stereocenters. The molecule has 0 spiro atoms. The number of amides is 1. The van der Waals surface area contributed by atoms with E-state index in [0.29, 0.717) is 6.42 Å². The average Bonchev–Trinajstić information content (AvgIpc) is 2.10. The summed E-state index contributed by atoms with van der Waals surface area (Å²) >= 11 is 0. The molecule has 90 valence electrons. The van der Waals surface area contributed by atoms with Crippen LogP contribution in [0.15, 0.2) is 0 Å². The molecule has 3 nitrogen and oxygen atoms in total. The number of nitrogens with one attached hydrogen (secondary N) is 1. The molecule has 1 amide bonds. The third-order valence-electron chi connectivity index (χ3n) is 2.06. The Labute approximate surface area is 86.7 Å². The van der Waals surface area contributed by atoms with Crippen LogP contribution in [0.4, 0.5) is 13.2 Å². The molecule has 0 rings (SSSR count). The maximum absolute atomic E-state index is 11.7. The Hall–Kier alpha value is -0.780. The van der Waals surface area contributed by atoms with Crippen LogP contribution in [-0.2, 0) is 4.79 Å². The molecule has 0 saturated carbocycles. The predicted molar refractivity (Wildman–Crippen MR) is 49.2 cm³/mol. The molecule has 0 bridgehead atoms. The van der Waals surface area contributed by atoms with Crippen LogP contribution in [0.5, 0.6) is 0 Å². The Bertz CT molecular complexity index is 214. The van der Waals surface area contributed by atoms with Crippen LogP contribution in [0.25, 0.3) is 0 Å². The lowest BCUT2D eigenvalue weighted by Gasteiger charge is -2.21. The zero-order valence-corrected chi connectivity index (χ0v) is 8.82. The van der Waals surface area contributed by atoms with Crippen molar-refractivity contribution >= 4 is 5.91 Å². The van der Waals surface area contributed by atoms with Crippen molar-refractivity contribution in [3.8, 4) is 0 Å². The molecule has 0 aromatic heterocycles. The fourth-order valence-corrected chi connectivity index (χ4v) is 0.758. The summed E-state index contributed by atoms with van der Waals surface area (Å²) in [6, 6.07) is 0. The second kappa shape index (κ2) is 5.34. The van der Waals surface area contributed by atoms with Crippen LogP contribution in [0.2, 0.25) is 0 Å². The van der Waals surface area contributed by atoms with E-state index in [4.69, 9.17) is 0 Å². The van der Waals surface area contributed by atoms with Gasteiger partial charge in [0.05, 0.1) is 12.0 Å². The van der Waals surface area contributed by atoms with E-state index in [-0.39, 0.29) is 6.54 Å². The average molecular weight is 227 g/mol. The summed E-state index contributed by atoms with van der Waals surface area (Å²) in [6.45, 7) is 3.21. The molecule has 0 heterocycles. The normalized spacial score (nSPS) is 15.9. The van der Waals surface area contributed by atoms with Gasteiger partial charge in [-0.1, -0.05) is 6.92 Å². The first-order valence-corrected chi connectivity index (χ1v) is 4.72. The van der Waals surface area contributed by atoms with Gasteiger partial charge in [0.2, 0.25) is 5.91 Å². The van der Waals surface area contributed by atoms with Crippen LogP contribution in [0, 0.1) is 0 Å². The lowest BCUT2D eigenvalue weighted by atomic mass is 10.0. The highest BCUT2D eigenvalue weighted by atomic mass is 19.4. The Morgan fingerprint density at radius 2 is 1.93 bits per heavy atom. The molecule has 1 unspecified atom stereocenters. The van der Waals surface area contributed by atoms with Crippen LogP contribution in [-0.4, -0.2) is 29.3 Å². The molecule has 0 aromatic carbocycles. The molecule has 0 aliphatic rings. The molecule has 0 aromatic rings. The minimum absolute atomic E-state index is 0.0276. The van der Waals surface area contributed by atoms with Gasteiger partial charge < -0.3 is 10.4 Å². The standard InChI is InChI=1S/C9H16F3NO2/c1-3-8(2,15)6-13-7(14)4-5-9(10,11)12/h15H,3-6H2,1-2H3,(H,13,14). The van der Waals surface area contributed by atoms with Crippen molar-refractivity contribution in [3.05, 3.63) is 0 Å². The predicted octanol–water partition coefficient (Wildman–Crippen LogP) is 1.61. The van der Waals surface area contributed by atoms with Crippen LogP contribution >= 0.6 is 0 Å². The topological polar surface area (TPSA) is 49.3 Å². The summed E-state index contributed by atoms with van der Waals surface area (Å²) in [6.07, 6.45) is -5.62. The van der Waals surface area contributed by atoms with Gasteiger partial charge in [-0.05, 0) is 13.3 Å². The highest BCUT2D eigenvalue weighted by Gasteiger charge is 2.28. The summed E-state index contributed by atoms with van der Waals surface area (Å²) in [4.78, 5) is 10.9. The number of alkyl halides is 3. The van der Waals surface area contributed by atoms with Gasteiger partial charge in [0, 0.05) is 13.0 Å². The Morgan fingerprint density at radius 1 is 1.40 bits per heavy atom. The lowest BCUT2D eigenvalue weighted by molar-refractivity contribution is -0.144. The molecule has 6 heteroatoms. The Balaban J connectivity index is 3.77. The van der Waals surface area contributed by atoms with Gasteiger partial charge in [0.1, 0.15) is 0 Å². The number of carbonyl (C=O) groups is 1. The zero-order chi connectivity index (χ0) is 12.1. The third kappa shape index (κ3) is 8.23. The van der Waals surface area contributed by atoms with Crippen molar-refractivity contribution < 1.29 is 23.1 Å². The molecular weight excluding hydrogens is 211 g/mol. The monoisotopic (exact) mass is 227 g/mol. The summed E-state index contributed by atoms with van der Waals surface area (Å²) in [5.74, 6) is -0.693. The number of rotatable bonds is 5. The smallest absolute Gasteiger partial charge is 0.388 e. The van der Waals surface area contributed by atoms with E-state index in [0.717, 1.165) is 0 Å². The molecular formula is C9H16F3NO2. The molecule has 0 aliphatic carbocycles. The van der Waals surface area contributed by atoms with E-state index in [2.05, 4.69) is 5.32 Å². The van der Waals surface area contributed by atoms with E-state index < -0.39 is 30.5 Å². The summed E-state index contributed by atoms with van der Waals surface area (Å²) in [5.41, 5.74) is -1.06. The second-order valence-corrected chi connectivity index (χ2v) is 3.74. The SMILES string of the molecule is CCC(C)(O)CNC(=O)CCC(F)(F)F. The largest absolute Gasteiger partial charge is 0.389 e. The molecule has 0 aliphatic heterocycles. The maximum atomic E-state index is 11.7. The van der Waals surface area contributed by atoms with Crippen molar-refractivity contribution in [2.75, 3.05) is 6.54 Å². The van der Waals surface area contributed by atoms with Crippen molar-refractivity contribution in [2.24, 2.45) is 0 Å². The van der Waals surface area contributed by atoms with E-state index >= 15 is 0 Å². The van der Waals surface area contributed by atoms with Crippen LogP contribution in [0.1, 0.15) is 33.1 Å². The highest BCUT2D eigenvalue weighted by molar-refractivity contribution is 5.75. The van der Waals surface area contributed by atoms with Crippen molar-refractivity contribution in [2.45, 2.75) is 44.9 Å². The summed E-state index contributed by atoms with van der Waals surface area (Å²) in [7, 11) is 0.